The number of hydrogen-bond acceptors (Lipinski definition) is 5. The number of hydrogen-bond donors (Lipinski definition) is 0. The summed E-state index contributed by atoms with van der Waals surface area (Å²) in [7, 11) is 3.34. The summed E-state index contributed by atoms with van der Waals surface area (Å²) in [6.07, 6.45) is 2.56. The average molecular weight is 459 g/mol. The highest BCUT2D eigenvalue weighted by atomic mass is 35.5. The molecule has 7 heteroatoms. The molecule has 2 heterocycles. The zero-order valence-electron chi connectivity index (χ0n) is 19.0. The van der Waals surface area contributed by atoms with E-state index in [0.717, 1.165) is 42.3 Å². The van der Waals surface area contributed by atoms with E-state index in [-0.39, 0.29) is 12.1 Å². The Morgan fingerprint density at radius 3 is 2.44 bits per heavy atom. The molecule has 0 spiro atoms. The number of carbonyl (C=O) groups is 1. The number of nitrogens with zero attached hydrogens (tertiary/aromatic N) is 2. The minimum absolute atomic E-state index is 0.0661. The Bertz CT molecular complexity index is 959. The van der Waals surface area contributed by atoms with E-state index < -0.39 is 0 Å². The van der Waals surface area contributed by atoms with Crippen molar-refractivity contribution in [2.24, 2.45) is 0 Å². The summed E-state index contributed by atoms with van der Waals surface area (Å²) in [5, 5.41) is 0.729. The number of methoxy groups -OCH3 is 2. The predicted octanol–water partition coefficient (Wildman–Crippen LogP) is 4.93. The van der Waals surface area contributed by atoms with Gasteiger partial charge in [-0.15, -0.1) is 0 Å². The van der Waals surface area contributed by atoms with Crippen LogP contribution in [0, 0.1) is 0 Å². The van der Waals surface area contributed by atoms with E-state index in [2.05, 4.69) is 29.2 Å². The van der Waals surface area contributed by atoms with Crippen molar-refractivity contribution in [1.29, 1.82) is 0 Å². The van der Waals surface area contributed by atoms with Gasteiger partial charge < -0.3 is 19.1 Å². The molecule has 1 fully saturated rings. The van der Waals surface area contributed by atoms with Gasteiger partial charge in [0.15, 0.2) is 11.5 Å². The predicted molar refractivity (Wildman–Crippen MR) is 125 cm³/mol. The minimum Gasteiger partial charge on any atom is -0.493 e. The third-order valence-corrected chi connectivity index (χ3v) is 6.77. The second-order valence-corrected chi connectivity index (χ2v) is 8.70. The second-order valence-electron chi connectivity index (χ2n) is 8.27. The van der Waals surface area contributed by atoms with Gasteiger partial charge in [-0.1, -0.05) is 23.7 Å². The maximum absolute atomic E-state index is 12.1. The molecule has 32 heavy (non-hydrogen) atoms. The fourth-order valence-corrected chi connectivity index (χ4v) is 5.20. The fraction of sp³-hybridized carbons (Fsp3) is 0.480. The highest BCUT2D eigenvalue weighted by molar-refractivity contribution is 6.30. The van der Waals surface area contributed by atoms with Crippen molar-refractivity contribution in [1.82, 2.24) is 9.80 Å². The van der Waals surface area contributed by atoms with Crippen LogP contribution >= 0.6 is 11.6 Å². The number of rotatable bonds is 5. The van der Waals surface area contributed by atoms with Gasteiger partial charge in [-0.3, -0.25) is 4.90 Å². The quantitative estimate of drug-likeness (QED) is 0.636. The third-order valence-electron chi connectivity index (χ3n) is 6.53. The molecular weight excluding hydrogens is 428 g/mol. The maximum atomic E-state index is 12.1. The van der Waals surface area contributed by atoms with Crippen molar-refractivity contribution >= 4 is 17.7 Å². The van der Waals surface area contributed by atoms with Crippen LogP contribution in [0.2, 0.25) is 5.02 Å². The van der Waals surface area contributed by atoms with Crippen molar-refractivity contribution in [3.8, 4) is 11.5 Å². The van der Waals surface area contributed by atoms with E-state index in [4.69, 9.17) is 25.8 Å². The molecule has 2 aliphatic heterocycles. The average Bonchev–Trinajstić information content (AvgIpc) is 2.82. The molecule has 1 amide bonds. The van der Waals surface area contributed by atoms with Gasteiger partial charge in [0.2, 0.25) is 0 Å². The standard InChI is InChI=1S/C25H31ClN2O4/c1-4-32-25(29)27-11-9-20(10-12-27)28-13-8-17-15-22(30-2)23(31-3)16-21(17)24(28)18-6-5-7-19(26)14-18/h5-7,14-16,20,24H,4,8-13H2,1-3H3. The lowest BCUT2D eigenvalue weighted by molar-refractivity contribution is 0.0620. The van der Waals surface area contributed by atoms with Crippen molar-refractivity contribution < 1.29 is 19.0 Å². The molecule has 0 saturated carbocycles. The summed E-state index contributed by atoms with van der Waals surface area (Å²) in [4.78, 5) is 16.5. The van der Waals surface area contributed by atoms with Crippen molar-refractivity contribution in [2.45, 2.75) is 38.3 Å². The smallest absolute Gasteiger partial charge is 0.409 e. The lowest BCUT2D eigenvalue weighted by Crippen LogP contribution is -2.50. The number of benzene rings is 2. The van der Waals surface area contributed by atoms with Crippen LogP contribution in [0.4, 0.5) is 4.79 Å². The molecule has 1 saturated heterocycles. The Labute approximate surface area is 195 Å². The Balaban J connectivity index is 1.67. The molecule has 0 aliphatic carbocycles. The zero-order chi connectivity index (χ0) is 22.7. The summed E-state index contributed by atoms with van der Waals surface area (Å²) in [6, 6.07) is 12.8. The number of ether oxygens (including phenoxy) is 3. The molecule has 0 N–H and O–H groups in total. The van der Waals surface area contributed by atoms with Crippen LogP contribution in [-0.4, -0.2) is 62.4 Å². The first-order valence-electron chi connectivity index (χ1n) is 11.2. The number of piperidine rings is 1. The van der Waals surface area contributed by atoms with Gasteiger partial charge in [0.1, 0.15) is 0 Å². The van der Waals surface area contributed by atoms with Crippen LogP contribution in [0.25, 0.3) is 0 Å². The van der Waals surface area contributed by atoms with Gasteiger partial charge in [0.25, 0.3) is 0 Å². The molecule has 0 radical (unpaired) electrons. The number of carbonyl (C=O) groups excluding carboxylic acids is 1. The minimum atomic E-state index is -0.210. The molecule has 2 aliphatic rings. The lowest BCUT2D eigenvalue weighted by Gasteiger charge is -2.45. The Hall–Kier alpha value is -2.44. The van der Waals surface area contributed by atoms with Crippen molar-refractivity contribution in [3.05, 3.63) is 58.1 Å². The maximum Gasteiger partial charge on any atom is 0.409 e. The van der Waals surface area contributed by atoms with Crippen LogP contribution in [0.1, 0.15) is 42.5 Å². The van der Waals surface area contributed by atoms with Gasteiger partial charge in [-0.05, 0) is 67.1 Å². The third kappa shape index (κ3) is 4.52. The van der Waals surface area contributed by atoms with E-state index in [9.17, 15) is 4.79 Å². The van der Waals surface area contributed by atoms with Crippen LogP contribution < -0.4 is 9.47 Å². The molecule has 0 bridgehead atoms. The highest BCUT2D eigenvalue weighted by Gasteiger charge is 2.36. The first-order chi connectivity index (χ1) is 15.5. The van der Waals surface area contributed by atoms with E-state index >= 15 is 0 Å². The largest absolute Gasteiger partial charge is 0.493 e. The summed E-state index contributed by atoms with van der Waals surface area (Å²) in [5.74, 6) is 1.49. The number of amides is 1. The molecule has 2 aromatic carbocycles. The van der Waals surface area contributed by atoms with E-state index in [0.29, 0.717) is 25.7 Å². The van der Waals surface area contributed by atoms with E-state index in [1.165, 1.54) is 16.7 Å². The van der Waals surface area contributed by atoms with Gasteiger partial charge in [0, 0.05) is 30.7 Å². The summed E-state index contributed by atoms with van der Waals surface area (Å²) in [6.45, 7) is 4.60. The zero-order valence-corrected chi connectivity index (χ0v) is 19.7. The van der Waals surface area contributed by atoms with Crippen molar-refractivity contribution in [2.75, 3.05) is 40.5 Å². The Morgan fingerprint density at radius 1 is 1.06 bits per heavy atom. The van der Waals surface area contributed by atoms with Gasteiger partial charge >= 0.3 is 6.09 Å². The molecule has 1 unspecified atom stereocenters. The van der Waals surface area contributed by atoms with E-state index in [1.54, 1.807) is 14.2 Å². The summed E-state index contributed by atoms with van der Waals surface area (Å²) < 4.78 is 16.4. The topological polar surface area (TPSA) is 51.2 Å². The number of halogens is 1. The normalized spacial score (nSPS) is 19.4. The second kappa shape index (κ2) is 10.0. The van der Waals surface area contributed by atoms with Crippen LogP contribution in [-0.2, 0) is 11.2 Å². The van der Waals surface area contributed by atoms with Crippen LogP contribution in [0.15, 0.2) is 36.4 Å². The first kappa shape index (κ1) is 22.7. The van der Waals surface area contributed by atoms with Gasteiger partial charge in [-0.2, -0.15) is 0 Å². The molecular formula is C25H31ClN2O4. The molecule has 4 rings (SSSR count). The molecule has 0 aromatic heterocycles. The van der Waals surface area contributed by atoms with Crippen LogP contribution in [0.5, 0.6) is 11.5 Å². The molecule has 2 aromatic rings. The monoisotopic (exact) mass is 458 g/mol. The number of fused-ring (bicyclic) bond motifs is 1. The fourth-order valence-electron chi connectivity index (χ4n) is 5.00. The van der Waals surface area contributed by atoms with Crippen LogP contribution in [0.3, 0.4) is 0 Å². The Kier molecular flexibility index (Phi) is 7.11. The van der Waals surface area contributed by atoms with Crippen molar-refractivity contribution in [3.63, 3.8) is 0 Å². The SMILES string of the molecule is CCOC(=O)N1CCC(N2CCc3cc(OC)c(OC)cc3C2c2cccc(Cl)c2)CC1. The summed E-state index contributed by atoms with van der Waals surface area (Å²) >= 11 is 6.39. The van der Waals surface area contributed by atoms with Gasteiger partial charge in [0.05, 0.1) is 26.9 Å². The van der Waals surface area contributed by atoms with E-state index in [1.807, 2.05) is 24.0 Å². The Morgan fingerprint density at radius 2 is 1.78 bits per heavy atom. The number of likely N-dealkylation sites (tertiary alicyclic amines) is 1. The van der Waals surface area contributed by atoms with Gasteiger partial charge in [-0.25, -0.2) is 4.79 Å². The first-order valence-corrected chi connectivity index (χ1v) is 11.6. The summed E-state index contributed by atoms with van der Waals surface area (Å²) in [5.41, 5.74) is 3.66. The molecule has 1 atom stereocenters. The highest BCUT2D eigenvalue weighted by Crippen LogP contribution is 2.43. The lowest BCUT2D eigenvalue weighted by atomic mass is 9.85. The molecule has 172 valence electrons. The molecule has 6 nitrogen and oxygen atoms in total.